The molecule has 1 aromatic carbocycles. The van der Waals surface area contributed by atoms with Crippen molar-refractivity contribution in [3.05, 3.63) is 64.1 Å². The van der Waals surface area contributed by atoms with Crippen LogP contribution in [-0.2, 0) is 6.18 Å². The molecule has 11 nitrogen and oxygen atoms in total. The van der Waals surface area contributed by atoms with Crippen LogP contribution >= 0.6 is 22.6 Å². The van der Waals surface area contributed by atoms with Gasteiger partial charge in [0.05, 0.1) is 23.3 Å². The van der Waals surface area contributed by atoms with Crippen LogP contribution in [0.15, 0.2) is 41.3 Å². The van der Waals surface area contributed by atoms with Crippen LogP contribution in [-0.4, -0.2) is 76.9 Å². The number of phenols is 1. The van der Waals surface area contributed by atoms with Crippen molar-refractivity contribution in [2.75, 3.05) is 29.0 Å². The first kappa shape index (κ1) is 34.1. The summed E-state index contributed by atoms with van der Waals surface area (Å²) in [7, 11) is 0. The maximum Gasteiger partial charge on any atom is 0.419 e. The van der Waals surface area contributed by atoms with E-state index in [9.17, 15) is 33.0 Å². The zero-order valence-corrected chi connectivity index (χ0v) is 27.9. The van der Waals surface area contributed by atoms with E-state index < -0.39 is 58.4 Å². The lowest BCUT2D eigenvalue weighted by Crippen LogP contribution is -2.58. The highest BCUT2D eigenvalue weighted by Gasteiger charge is 2.37. The Bertz CT molecular complexity index is 1900. The number of aromatic nitrogens is 4. The number of fused-ring (bicyclic) bond motifs is 1. The van der Waals surface area contributed by atoms with Crippen LogP contribution in [0.3, 0.4) is 0 Å². The van der Waals surface area contributed by atoms with E-state index in [0.29, 0.717) is 16.2 Å². The van der Waals surface area contributed by atoms with E-state index in [1.165, 1.54) is 11.1 Å². The smallest absolute Gasteiger partial charge is 0.419 e. The second-order valence-corrected chi connectivity index (χ2v) is 12.5. The minimum atomic E-state index is -4.94. The minimum Gasteiger partial charge on any atom is -0.507 e. The van der Waals surface area contributed by atoms with Gasteiger partial charge in [0.15, 0.2) is 11.5 Å². The lowest BCUT2D eigenvalue weighted by atomic mass is 10.0. The first-order valence-corrected chi connectivity index (χ1v) is 16.1. The average Bonchev–Trinajstić information content (AvgIpc) is 3.00. The first-order chi connectivity index (χ1) is 22.1. The number of halogens is 5. The minimum absolute atomic E-state index is 0.0153. The van der Waals surface area contributed by atoms with E-state index in [0.717, 1.165) is 22.8 Å². The second kappa shape index (κ2) is 13.1. The zero-order chi connectivity index (χ0) is 34.4. The summed E-state index contributed by atoms with van der Waals surface area (Å²) in [5, 5.41) is 20.3. The predicted molar refractivity (Wildman–Crippen MR) is 174 cm³/mol. The van der Waals surface area contributed by atoms with E-state index >= 15 is 4.39 Å². The molecule has 1 amide bonds. The van der Waals surface area contributed by atoms with Crippen LogP contribution < -0.4 is 15.3 Å². The fourth-order valence-electron chi connectivity index (χ4n) is 5.73. The van der Waals surface area contributed by atoms with Gasteiger partial charge in [-0.3, -0.25) is 4.98 Å². The molecule has 0 saturated carbocycles. The Kier molecular flexibility index (Phi) is 9.52. The Labute approximate surface area is 280 Å². The molecule has 2 atom stereocenters. The molecular weight excluding hydrogens is 739 g/mol. The lowest BCUT2D eigenvalue weighted by Gasteiger charge is -2.43. The molecule has 5 rings (SSSR count). The maximum absolute atomic E-state index is 16.1. The average molecular weight is 771 g/mol. The van der Waals surface area contributed by atoms with E-state index in [1.54, 1.807) is 24.8 Å². The number of nitrogens with zero attached hydrogens (tertiary/aromatic N) is 6. The molecule has 3 aromatic heterocycles. The Hall–Kier alpha value is -4.22. The largest absolute Gasteiger partial charge is 0.507 e. The number of ether oxygens (including phenoxy) is 1. The van der Waals surface area contributed by atoms with Crippen molar-refractivity contribution in [3.63, 3.8) is 0 Å². The van der Waals surface area contributed by atoms with Crippen LogP contribution in [0.2, 0.25) is 0 Å². The van der Waals surface area contributed by atoms with Gasteiger partial charge in [-0.05, 0) is 38.0 Å². The number of piperazine rings is 1. The molecule has 0 bridgehead atoms. The highest BCUT2D eigenvalue weighted by Crippen LogP contribution is 2.42. The van der Waals surface area contributed by atoms with Gasteiger partial charge in [-0.25, -0.2) is 23.5 Å². The number of benzene rings is 1. The number of para-hydroxylation sites is 1. The molecule has 1 saturated heterocycles. The normalized spacial score (nSPS) is 17.1. The van der Waals surface area contributed by atoms with Gasteiger partial charge in [-0.1, -0.05) is 42.5 Å². The molecule has 250 valence electrons. The van der Waals surface area contributed by atoms with E-state index in [2.05, 4.69) is 37.5 Å². The quantitative estimate of drug-likeness (QED) is 0.128. The molecule has 0 radical (unpaired) electrons. The molecule has 4 aromatic rings. The Morgan fingerprint density at radius 1 is 1.15 bits per heavy atom. The molecule has 2 N–H and O–H groups in total. The summed E-state index contributed by atoms with van der Waals surface area (Å²) in [5.41, 5.74) is -2.99. The number of aromatic hydroxyl groups is 1. The Morgan fingerprint density at radius 2 is 1.87 bits per heavy atom. The molecule has 0 unspecified atom stereocenters. The number of carboxylic acid groups (broad SMARTS) is 1. The highest BCUT2D eigenvalue weighted by molar-refractivity contribution is 14.1. The number of anilines is 1. The monoisotopic (exact) mass is 770 g/mol. The molecule has 1 aliphatic heterocycles. The molecule has 0 spiro atoms. The van der Waals surface area contributed by atoms with Gasteiger partial charge in [0.25, 0.3) is 0 Å². The SMILES string of the molecule is CC(C)c1nccc(OCCI)c1-n1c(=O)nc(N2C[C@@H](C)N(C(=O)O)C[C@@H]2C)c2cc(F)c(-c3cccc(C(F)(F)F)c3O)nc21. The Balaban J connectivity index is 1.88. The summed E-state index contributed by atoms with van der Waals surface area (Å²) < 4.78 is 64.9. The first-order valence-electron chi connectivity index (χ1n) is 14.6. The number of alkyl halides is 4. The van der Waals surface area contributed by atoms with Crippen molar-refractivity contribution in [2.45, 2.75) is 51.9 Å². The zero-order valence-electron chi connectivity index (χ0n) is 25.7. The number of rotatable bonds is 7. The van der Waals surface area contributed by atoms with Crippen molar-refractivity contribution in [1.82, 2.24) is 24.4 Å². The third kappa shape index (κ3) is 6.38. The van der Waals surface area contributed by atoms with Crippen molar-refractivity contribution >= 4 is 45.5 Å². The summed E-state index contributed by atoms with van der Waals surface area (Å²) in [6.45, 7) is 7.52. The topological polar surface area (TPSA) is 134 Å². The van der Waals surface area contributed by atoms with Crippen molar-refractivity contribution in [3.8, 4) is 28.4 Å². The van der Waals surface area contributed by atoms with Crippen LogP contribution in [0, 0.1) is 5.82 Å². The maximum atomic E-state index is 16.1. The summed E-state index contributed by atoms with van der Waals surface area (Å²) in [4.78, 5) is 42.2. The van der Waals surface area contributed by atoms with Crippen molar-refractivity contribution in [2.24, 2.45) is 0 Å². The summed E-state index contributed by atoms with van der Waals surface area (Å²) >= 11 is 2.12. The van der Waals surface area contributed by atoms with Gasteiger partial charge in [-0.15, -0.1) is 0 Å². The van der Waals surface area contributed by atoms with Crippen LogP contribution in [0.25, 0.3) is 28.0 Å². The lowest BCUT2D eigenvalue weighted by molar-refractivity contribution is -0.138. The molecule has 47 heavy (non-hydrogen) atoms. The Morgan fingerprint density at radius 3 is 2.51 bits per heavy atom. The van der Waals surface area contributed by atoms with Gasteiger partial charge >= 0.3 is 18.0 Å². The van der Waals surface area contributed by atoms with Gasteiger partial charge in [0, 0.05) is 47.4 Å². The third-order valence-corrected chi connectivity index (χ3v) is 8.36. The molecule has 16 heteroatoms. The van der Waals surface area contributed by atoms with E-state index in [4.69, 9.17) is 4.74 Å². The van der Waals surface area contributed by atoms with E-state index in [1.807, 2.05) is 13.8 Å². The standard InChI is InChI=1S/C31H31F4IN6O5/c1-15(2)23-25(22(8-10-37-23)47-11-9-36)42-28-19(27(39-29(42)44)40-13-17(4)41(30(45)46)14-16(40)3)12-21(32)24(38-28)18-6-5-7-20(26(18)43)31(33,34)35/h5-8,10,12,15-17,43H,9,11,13-14H2,1-4H3,(H,45,46)/t16-,17+/m0/s1. The third-order valence-electron chi connectivity index (χ3n) is 7.92. The van der Waals surface area contributed by atoms with Crippen LogP contribution in [0.4, 0.5) is 28.2 Å². The number of hydrogen-bond donors (Lipinski definition) is 2. The van der Waals surface area contributed by atoms with Gasteiger partial charge in [0.1, 0.15) is 28.7 Å². The summed E-state index contributed by atoms with van der Waals surface area (Å²) in [6, 6.07) is 4.31. The molecule has 1 fully saturated rings. The van der Waals surface area contributed by atoms with Gasteiger partial charge in [0.2, 0.25) is 0 Å². The van der Waals surface area contributed by atoms with E-state index in [-0.39, 0.29) is 53.9 Å². The number of phenolic OH excluding ortho intramolecular Hbond substituents is 1. The van der Waals surface area contributed by atoms with Gasteiger partial charge in [-0.2, -0.15) is 18.2 Å². The molecule has 1 aliphatic rings. The summed E-state index contributed by atoms with van der Waals surface area (Å²) in [5.74, 6) is -2.29. The fraction of sp³-hybridized carbons (Fsp3) is 0.387. The second-order valence-electron chi connectivity index (χ2n) is 11.5. The predicted octanol–water partition coefficient (Wildman–Crippen LogP) is 6.22. The number of pyridine rings is 2. The van der Waals surface area contributed by atoms with Crippen molar-refractivity contribution in [1.29, 1.82) is 0 Å². The fourth-order valence-corrected chi connectivity index (χ4v) is 5.95. The molecular formula is C31H31F4IN6O5. The van der Waals surface area contributed by atoms with Crippen LogP contribution in [0.5, 0.6) is 11.5 Å². The number of carbonyl (C=O) groups is 1. The van der Waals surface area contributed by atoms with Crippen molar-refractivity contribution < 1.29 is 37.3 Å². The summed E-state index contributed by atoms with van der Waals surface area (Å²) in [6.07, 6.45) is -4.54. The van der Waals surface area contributed by atoms with Gasteiger partial charge < -0.3 is 24.7 Å². The number of hydrogen-bond acceptors (Lipinski definition) is 8. The highest BCUT2D eigenvalue weighted by atomic mass is 127. The van der Waals surface area contributed by atoms with Crippen LogP contribution in [0.1, 0.15) is 44.9 Å². The molecule has 0 aliphatic carbocycles. The molecule has 4 heterocycles. The number of amides is 1.